The molecular formula is C12H16F2O8. The lowest BCUT2D eigenvalue weighted by Gasteiger charge is -2.29. The Morgan fingerprint density at radius 1 is 0.955 bits per heavy atom. The van der Waals surface area contributed by atoms with Gasteiger partial charge in [-0.15, -0.1) is 0 Å². The highest BCUT2D eigenvalue weighted by molar-refractivity contribution is 5.75. The van der Waals surface area contributed by atoms with Crippen LogP contribution in [0.1, 0.15) is 20.8 Å². The van der Waals surface area contributed by atoms with E-state index in [2.05, 4.69) is 14.2 Å². The fourth-order valence-electron chi connectivity index (χ4n) is 1.47. The van der Waals surface area contributed by atoms with E-state index in [0.717, 1.165) is 20.8 Å². The molecule has 0 aromatic rings. The molecule has 0 amide bonds. The average molecular weight is 326 g/mol. The van der Waals surface area contributed by atoms with Gasteiger partial charge in [-0.05, 0) is 0 Å². The van der Waals surface area contributed by atoms with Crippen molar-refractivity contribution in [1.82, 2.24) is 0 Å². The molecule has 0 saturated heterocycles. The number of rotatable bonds is 8. The van der Waals surface area contributed by atoms with Crippen molar-refractivity contribution in [1.29, 1.82) is 0 Å². The molecule has 0 saturated carbocycles. The molecular weight excluding hydrogens is 310 g/mol. The average Bonchev–Trinajstić information content (AvgIpc) is 2.38. The second-order valence-electron chi connectivity index (χ2n) is 4.22. The largest absolute Gasteiger partial charge is 0.463 e. The Labute approximate surface area is 124 Å². The number of ether oxygens (including phenoxy) is 3. The fourth-order valence-corrected chi connectivity index (χ4v) is 1.47. The number of carbonyl (C=O) groups excluding carboxylic acids is 4. The van der Waals surface area contributed by atoms with Crippen molar-refractivity contribution in [2.75, 3.05) is 6.61 Å². The van der Waals surface area contributed by atoms with Crippen LogP contribution in [-0.2, 0) is 33.4 Å². The van der Waals surface area contributed by atoms with Crippen molar-refractivity contribution in [2.24, 2.45) is 0 Å². The number of aliphatic hydroxyl groups is 1. The zero-order chi connectivity index (χ0) is 17.4. The molecule has 0 aliphatic carbocycles. The molecule has 0 radical (unpaired) electrons. The van der Waals surface area contributed by atoms with Gasteiger partial charge < -0.3 is 19.3 Å². The predicted octanol–water partition coefficient (Wildman–Crippen LogP) is -0.392. The SMILES string of the molecule is CC(=O)OCC(O)C(OC(C)=O)C(OC(C)=O)C(F)C(=O)F. The van der Waals surface area contributed by atoms with Gasteiger partial charge in [0, 0.05) is 20.8 Å². The van der Waals surface area contributed by atoms with Gasteiger partial charge in [-0.1, -0.05) is 0 Å². The quantitative estimate of drug-likeness (QED) is 0.364. The monoisotopic (exact) mass is 326 g/mol. The lowest BCUT2D eigenvalue weighted by atomic mass is 10.0. The van der Waals surface area contributed by atoms with Gasteiger partial charge in [0.05, 0.1) is 0 Å². The van der Waals surface area contributed by atoms with Crippen LogP contribution < -0.4 is 0 Å². The molecule has 0 aliphatic heterocycles. The third-order valence-electron chi connectivity index (χ3n) is 2.27. The first kappa shape index (κ1) is 19.9. The summed E-state index contributed by atoms with van der Waals surface area (Å²) in [5.41, 5.74) is 0. The summed E-state index contributed by atoms with van der Waals surface area (Å²) < 4.78 is 39.6. The van der Waals surface area contributed by atoms with Crippen molar-refractivity contribution in [3.05, 3.63) is 0 Å². The Bertz CT molecular complexity index is 439. The van der Waals surface area contributed by atoms with Crippen molar-refractivity contribution < 1.29 is 47.3 Å². The number of hydrogen-bond donors (Lipinski definition) is 1. The summed E-state index contributed by atoms with van der Waals surface area (Å²) in [4.78, 5) is 43.1. The molecule has 1 N–H and O–H groups in total. The number of halogens is 2. The standard InChI is InChI=1S/C12H16F2O8/c1-5(15)20-4-8(18)10(21-6(2)16)11(22-7(3)17)9(13)12(14)19/h8-11,18H,4H2,1-3H3. The molecule has 0 aliphatic rings. The topological polar surface area (TPSA) is 116 Å². The first-order chi connectivity index (χ1) is 10.1. The molecule has 22 heavy (non-hydrogen) atoms. The molecule has 126 valence electrons. The van der Waals surface area contributed by atoms with E-state index in [9.17, 15) is 33.1 Å². The fraction of sp³-hybridized carbons (Fsp3) is 0.667. The summed E-state index contributed by atoms with van der Waals surface area (Å²) in [6, 6.07) is -2.48. The number of hydrogen-bond acceptors (Lipinski definition) is 8. The lowest BCUT2D eigenvalue weighted by molar-refractivity contribution is -0.188. The minimum atomic E-state index is -2.99. The summed E-state index contributed by atoms with van der Waals surface area (Å²) in [6.45, 7) is 1.99. The highest BCUT2D eigenvalue weighted by atomic mass is 19.2. The van der Waals surface area contributed by atoms with E-state index in [1.807, 2.05) is 0 Å². The Morgan fingerprint density at radius 2 is 1.41 bits per heavy atom. The van der Waals surface area contributed by atoms with Crippen LogP contribution >= 0.6 is 0 Å². The summed E-state index contributed by atoms with van der Waals surface area (Å²) in [7, 11) is 0. The van der Waals surface area contributed by atoms with Crippen LogP contribution in [0.4, 0.5) is 8.78 Å². The summed E-state index contributed by atoms with van der Waals surface area (Å²) in [6.07, 6.45) is -9.02. The molecule has 10 heteroatoms. The minimum Gasteiger partial charge on any atom is -0.463 e. The smallest absolute Gasteiger partial charge is 0.339 e. The molecule has 0 fully saturated rings. The van der Waals surface area contributed by atoms with E-state index in [0.29, 0.717) is 0 Å². The number of carbonyl (C=O) groups is 4. The second kappa shape index (κ2) is 9.03. The molecule has 0 heterocycles. The molecule has 8 nitrogen and oxygen atoms in total. The maximum absolute atomic E-state index is 13.6. The summed E-state index contributed by atoms with van der Waals surface area (Å²) in [5.74, 6) is -2.93. The maximum Gasteiger partial charge on any atom is 0.339 e. The van der Waals surface area contributed by atoms with E-state index in [-0.39, 0.29) is 0 Å². The van der Waals surface area contributed by atoms with E-state index in [4.69, 9.17) is 0 Å². The van der Waals surface area contributed by atoms with Crippen molar-refractivity contribution in [2.45, 2.75) is 45.3 Å². The third-order valence-corrected chi connectivity index (χ3v) is 2.27. The number of esters is 3. The molecule has 4 atom stereocenters. The van der Waals surface area contributed by atoms with E-state index < -0.39 is 55.0 Å². The van der Waals surface area contributed by atoms with Crippen LogP contribution in [0.2, 0.25) is 0 Å². The summed E-state index contributed by atoms with van der Waals surface area (Å²) >= 11 is 0. The number of alkyl halides is 1. The van der Waals surface area contributed by atoms with Crippen molar-refractivity contribution in [3.63, 3.8) is 0 Å². The zero-order valence-electron chi connectivity index (χ0n) is 12.1. The van der Waals surface area contributed by atoms with Gasteiger partial charge in [0.2, 0.25) is 6.17 Å². The molecule has 4 unspecified atom stereocenters. The normalized spacial score (nSPS) is 15.9. The van der Waals surface area contributed by atoms with Gasteiger partial charge in [0.15, 0.2) is 12.2 Å². The van der Waals surface area contributed by atoms with Gasteiger partial charge in [-0.25, -0.2) is 4.39 Å². The van der Waals surface area contributed by atoms with Gasteiger partial charge >= 0.3 is 23.9 Å². The zero-order valence-corrected chi connectivity index (χ0v) is 12.1. The Morgan fingerprint density at radius 3 is 1.77 bits per heavy atom. The van der Waals surface area contributed by atoms with Gasteiger partial charge in [-0.2, -0.15) is 4.39 Å². The first-order valence-electron chi connectivity index (χ1n) is 6.05. The van der Waals surface area contributed by atoms with Crippen molar-refractivity contribution in [3.8, 4) is 0 Å². The van der Waals surface area contributed by atoms with E-state index >= 15 is 0 Å². The minimum absolute atomic E-state index is 0.752. The van der Waals surface area contributed by atoms with Gasteiger partial charge in [0.25, 0.3) is 0 Å². The van der Waals surface area contributed by atoms with Crippen LogP contribution in [-0.4, -0.2) is 60.1 Å². The Hall–Kier alpha value is -2.10. The van der Waals surface area contributed by atoms with Crippen LogP contribution in [0.25, 0.3) is 0 Å². The molecule has 0 spiro atoms. The van der Waals surface area contributed by atoms with Crippen molar-refractivity contribution >= 4 is 23.9 Å². The third kappa shape index (κ3) is 7.07. The Balaban J connectivity index is 5.34. The van der Waals surface area contributed by atoms with Gasteiger partial charge in [0.1, 0.15) is 12.7 Å². The second-order valence-corrected chi connectivity index (χ2v) is 4.22. The van der Waals surface area contributed by atoms with Crippen LogP contribution in [0.3, 0.4) is 0 Å². The Kier molecular flexibility index (Phi) is 8.17. The first-order valence-corrected chi connectivity index (χ1v) is 6.05. The van der Waals surface area contributed by atoms with Crippen LogP contribution in [0.15, 0.2) is 0 Å². The van der Waals surface area contributed by atoms with E-state index in [1.54, 1.807) is 0 Å². The van der Waals surface area contributed by atoms with Gasteiger partial charge in [-0.3, -0.25) is 19.2 Å². The molecule has 0 rings (SSSR count). The predicted molar refractivity (Wildman–Crippen MR) is 64.8 cm³/mol. The molecule has 0 bridgehead atoms. The highest BCUT2D eigenvalue weighted by Crippen LogP contribution is 2.18. The molecule has 0 aromatic carbocycles. The highest BCUT2D eigenvalue weighted by Gasteiger charge is 2.43. The van der Waals surface area contributed by atoms with Crippen LogP contribution in [0, 0.1) is 0 Å². The van der Waals surface area contributed by atoms with Crippen LogP contribution in [0.5, 0.6) is 0 Å². The molecule has 0 aromatic heterocycles. The van der Waals surface area contributed by atoms with E-state index in [1.165, 1.54) is 0 Å². The lowest BCUT2D eigenvalue weighted by Crippen LogP contribution is -2.51. The summed E-state index contributed by atoms with van der Waals surface area (Å²) in [5, 5.41) is 9.77. The maximum atomic E-state index is 13.6. The number of aliphatic hydroxyl groups excluding tert-OH is 1.